The van der Waals surface area contributed by atoms with Crippen LogP contribution in [0.4, 0.5) is 4.39 Å². The summed E-state index contributed by atoms with van der Waals surface area (Å²) in [5.74, 6) is 0.705. The molecule has 4 nitrogen and oxygen atoms in total. The highest BCUT2D eigenvalue weighted by atomic mass is 32.2. The predicted molar refractivity (Wildman–Crippen MR) is 77.5 cm³/mol. The van der Waals surface area contributed by atoms with Crippen LogP contribution in [0.2, 0.25) is 0 Å². The van der Waals surface area contributed by atoms with E-state index in [0.717, 1.165) is 30.0 Å². The summed E-state index contributed by atoms with van der Waals surface area (Å²) in [6.45, 7) is 1.52. The Morgan fingerprint density at radius 1 is 1.40 bits per heavy atom. The van der Waals surface area contributed by atoms with Gasteiger partial charge in [0.15, 0.2) is 0 Å². The number of carbonyl (C=O) groups is 1. The van der Waals surface area contributed by atoms with Crippen molar-refractivity contribution in [1.82, 2.24) is 9.88 Å². The first-order valence-corrected chi connectivity index (χ1v) is 7.63. The fourth-order valence-corrected chi connectivity index (χ4v) is 3.60. The molecule has 2 N–H and O–H groups in total. The van der Waals surface area contributed by atoms with Crippen LogP contribution in [0.5, 0.6) is 0 Å². The predicted octanol–water partition coefficient (Wildman–Crippen LogP) is 2.48. The first kappa shape index (κ1) is 13.5. The number of nitrogens with one attached hydrogen (secondary N) is 1. The van der Waals surface area contributed by atoms with E-state index < -0.39 is 12.0 Å². The molecule has 6 heteroatoms. The topological polar surface area (TPSA) is 56.3 Å². The number of aliphatic carboxylic acids is 1. The summed E-state index contributed by atoms with van der Waals surface area (Å²) in [5, 5.41) is 10.3. The molecule has 0 radical (unpaired) electrons. The Hall–Kier alpha value is -1.53. The molecule has 0 amide bonds. The van der Waals surface area contributed by atoms with Gasteiger partial charge in [-0.1, -0.05) is 0 Å². The largest absolute Gasteiger partial charge is 0.480 e. The zero-order valence-corrected chi connectivity index (χ0v) is 11.6. The van der Waals surface area contributed by atoms with Crippen LogP contribution in [0.3, 0.4) is 0 Å². The Kier molecular flexibility index (Phi) is 3.67. The SMILES string of the molecule is O=C(O)[C@H](c1c[nH]c2cc(F)ccc12)N1CCSCC1. The van der Waals surface area contributed by atoms with Gasteiger partial charge in [-0.15, -0.1) is 0 Å². The van der Waals surface area contributed by atoms with E-state index in [-0.39, 0.29) is 5.82 Å². The Labute approximate surface area is 120 Å². The average molecular weight is 294 g/mol. The second kappa shape index (κ2) is 5.46. The molecule has 1 aliphatic rings. The number of rotatable bonds is 3. The second-order valence-electron chi connectivity index (χ2n) is 4.82. The lowest BCUT2D eigenvalue weighted by atomic mass is 10.0. The molecule has 0 spiro atoms. The van der Waals surface area contributed by atoms with Gasteiger partial charge in [-0.2, -0.15) is 11.8 Å². The number of benzene rings is 1. The minimum absolute atomic E-state index is 0.327. The minimum Gasteiger partial charge on any atom is -0.480 e. The number of halogens is 1. The number of fused-ring (bicyclic) bond motifs is 1. The molecular formula is C14H15FN2O2S. The summed E-state index contributed by atoms with van der Waals surface area (Å²) >= 11 is 1.84. The van der Waals surface area contributed by atoms with E-state index in [1.165, 1.54) is 12.1 Å². The van der Waals surface area contributed by atoms with Gasteiger partial charge in [0.1, 0.15) is 11.9 Å². The zero-order chi connectivity index (χ0) is 14.1. The van der Waals surface area contributed by atoms with Crippen LogP contribution in [-0.4, -0.2) is 45.6 Å². The Bertz CT molecular complexity index is 637. The fourth-order valence-electron chi connectivity index (χ4n) is 2.67. The maximum absolute atomic E-state index is 13.2. The molecule has 1 aliphatic heterocycles. The van der Waals surface area contributed by atoms with Crippen molar-refractivity contribution in [1.29, 1.82) is 0 Å². The van der Waals surface area contributed by atoms with Crippen LogP contribution in [0.15, 0.2) is 24.4 Å². The molecule has 1 fully saturated rings. The van der Waals surface area contributed by atoms with Crippen LogP contribution in [0.25, 0.3) is 10.9 Å². The van der Waals surface area contributed by atoms with E-state index in [2.05, 4.69) is 4.98 Å². The summed E-state index contributed by atoms with van der Waals surface area (Å²) in [4.78, 5) is 16.6. The van der Waals surface area contributed by atoms with E-state index in [1.807, 2.05) is 16.7 Å². The number of carboxylic acids is 1. The summed E-state index contributed by atoms with van der Waals surface area (Å²) in [6.07, 6.45) is 1.69. The summed E-state index contributed by atoms with van der Waals surface area (Å²) < 4.78 is 13.2. The molecule has 1 aromatic heterocycles. The van der Waals surface area contributed by atoms with Crippen LogP contribution >= 0.6 is 11.8 Å². The molecule has 0 saturated carbocycles. The molecule has 3 rings (SSSR count). The number of hydrogen-bond donors (Lipinski definition) is 2. The van der Waals surface area contributed by atoms with Gasteiger partial charge in [-0.3, -0.25) is 9.69 Å². The van der Waals surface area contributed by atoms with Gasteiger partial charge in [0.05, 0.1) is 0 Å². The number of thioether (sulfide) groups is 1. The third-order valence-electron chi connectivity index (χ3n) is 3.62. The molecule has 2 heterocycles. The van der Waals surface area contributed by atoms with Crippen molar-refractivity contribution in [3.8, 4) is 0 Å². The third-order valence-corrected chi connectivity index (χ3v) is 4.56. The molecule has 0 aliphatic carbocycles. The number of aromatic amines is 1. The van der Waals surface area contributed by atoms with Gasteiger partial charge in [0.2, 0.25) is 0 Å². The highest BCUT2D eigenvalue weighted by molar-refractivity contribution is 7.99. The molecule has 1 atom stereocenters. The smallest absolute Gasteiger partial charge is 0.325 e. The van der Waals surface area contributed by atoms with Gasteiger partial charge < -0.3 is 10.1 Å². The van der Waals surface area contributed by atoms with E-state index >= 15 is 0 Å². The van der Waals surface area contributed by atoms with Gasteiger partial charge in [-0.05, 0) is 18.2 Å². The highest BCUT2D eigenvalue weighted by Gasteiger charge is 2.30. The van der Waals surface area contributed by atoms with Crippen LogP contribution in [0, 0.1) is 5.82 Å². The van der Waals surface area contributed by atoms with E-state index in [1.54, 1.807) is 12.3 Å². The average Bonchev–Trinajstić information content (AvgIpc) is 2.83. The lowest BCUT2D eigenvalue weighted by molar-refractivity contribution is -0.143. The first-order chi connectivity index (χ1) is 9.66. The molecule has 1 saturated heterocycles. The normalized spacial score (nSPS) is 18.2. The molecular weight excluding hydrogens is 279 g/mol. The van der Waals surface area contributed by atoms with Crippen LogP contribution < -0.4 is 0 Å². The Morgan fingerprint density at radius 3 is 2.85 bits per heavy atom. The van der Waals surface area contributed by atoms with Gasteiger partial charge >= 0.3 is 5.97 Å². The fraction of sp³-hybridized carbons (Fsp3) is 0.357. The zero-order valence-electron chi connectivity index (χ0n) is 10.8. The molecule has 20 heavy (non-hydrogen) atoms. The molecule has 2 aromatic rings. The molecule has 1 aromatic carbocycles. The highest BCUT2D eigenvalue weighted by Crippen LogP contribution is 2.30. The summed E-state index contributed by atoms with van der Waals surface area (Å²) in [5.41, 5.74) is 1.34. The minimum atomic E-state index is -0.859. The van der Waals surface area contributed by atoms with Crippen LogP contribution in [0.1, 0.15) is 11.6 Å². The van der Waals surface area contributed by atoms with E-state index in [4.69, 9.17) is 0 Å². The van der Waals surface area contributed by atoms with Gasteiger partial charge in [0.25, 0.3) is 0 Å². The standard InChI is InChI=1S/C14H15FN2O2S/c15-9-1-2-10-11(8-16-12(10)7-9)13(14(18)19)17-3-5-20-6-4-17/h1-2,7-8,13,16H,3-6H2,(H,18,19)/t13-/m0/s1. The first-order valence-electron chi connectivity index (χ1n) is 6.48. The summed E-state index contributed by atoms with van der Waals surface area (Å²) in [6, 6.07) is 3.73. The Morgan fingerprint density at radius 2 is 2.15 bits per heavy atom. The number of carboxylic acid groups (broad SMARTS) is 1. The van der Waals surface area contributed by atoms with Crippen molar-refractivity contribution >= 4 is 28.6 Å². The lowest BCUT2D eigenvalue weighted by Gasteiger charge is -2.31. The third kappa shape index (κ3) is 2.41. The quantitative estimate of drug-likeness (QED) is 0.913. The number of nitrogens with zero attached hydrogens (tertiary/aromatic N) is 1. The molecule has 106 valence electrons. The Balaban J connectivity index is 2.02. The van der Waals surface area contributed by atoms with Crippen molar-refractivity contribution in [2.75, 3.05) is 24.6 Å². The van der Waals surface area contributed by atoms with E-state index in [9.17, 15) is 14.3 Å². The molecule has 0 bridgehead atoms. The maximum atomic E-state index is 13.2. The number of hydrogen-bond acceptors (Lipinski definition) is 3. The van der Waals surface area contributed by atoms with Gasteiger partial charge in [-0.25, -0.2) is 4.39 Å². The van der Waals surface area contributed by atoms with Gasteiger partial charge in [0, 0.05) is 47.3 Å². The van der Waals surface area contributed by atoms with Crippen molar-refractivity contribution in [3.05, 3.63) is 35.8 Å². The molecule has 0 unspecified atom stereocenters. The van der Waals surface area contributed by atoms with Crippen LogP contribution in [-0.2, 0) is 4.79 Å². The van der Waals surface area contributed by atoms with Crippen molar-refractivity contribution in [2.45, 2.75) is 6.04 Å². The lowest BCUT2D eigenvalue weighted by Crippen LogP contribution is -2.39. The van der Waals surface area contributed by atoms with Crippen molar-refractivity contribution < 1.29 is 14.3 Å². The van der Waals surface area contributed by atoms with E-state index in [0.29, 0.717) is 11.1 Å². The maximum Gasteiger partial charge on any atom is 0.325 e. The summed E-state index contributed by atoms with van der Waals surface area (Å²) in [7, 11) is 0. The van der Waals surface area contributed by atoms with Crippen molar-refractivity contribution in [2.24, 2.45) is 0 Å². The number of H-pyrrole nitrogens is 1. The number of aromatic nitrogens is 1. The monoisotopic (exact) mass is 294 g/mol. The van der Waals surface area contributed by atoms with Crippen molar-refractivity contribution in [3.63, 3.8) is 0 Å². The second-order valence-corrected chi connectivity index (χ2v) is 6.05.